The standard InChI is InChI=1S/C5H8BrF2N/c6-1-2-9-3-5(7,8)4-9/h1-4H2. The average Bonchev–Trinajstić information content (AvgIpc) is 1.62. The summed E-state index contributed by atoms with van der Waals surface area (Å²) >= 11 is 3.18. The zero-order chi connectivity index (χ0) is 6.91. The van der Waals surface area contributed by atoms with Gasteiger partial charge < -0.3 is 0 Å². The summed E-state index contributed by atoms with van der Waals surface area (Å²) in [4.78, 5) is 1.72. The SMILES string of the molecule is FC1(F)CN(CCBr)C1. The molecule has 4 heteroatoms. The molecule has 1 heterocycles. The van der Waals surface area contributed by atoms with E-state index in [0.29, 0.717) is 0 Å². The predicted octanol–water partition coefficient (Wildman–Crippen LogP) is 1.33. The van der Waals surface area contributed by atoms with Gasteiger partial charge in [-0.25, -0.2) is 8.78 Å². The summed E-state index contributed by atoms with van der Waals surface area (Å²) in [5, 5.41) is 0.781. The lowest BCUT2D eigenvalue weighted by Crippen LogP contribution is -2.56. The van der Waals surface area contributed by atoms with Crippen LogP contribution in [0, 0.1) is 0 Å². The highest BCUT2D eigenvalue weighted by molar-refractivity contribution is 9.09. The summed E-state index contributed by atoms with van der Waals surface area (Å²) in [6.07, 6.45) is 0. The maximum absolute atomic E-state index is 12.1. The van der Waals surface area contributed by atoms with Gasteiger partial charge in [0, 0.05) is 11.9 Å². The molecular formula is C5H8BrF2N. The van der Waals surface area contributed by atoms with Crippen molar-refractivity contribution in [2.75, 3.05) is 25.0 Å². The lowest BCUT2D eigenvalue weighted by molar-refractivity contribution is -0.127. The highest BCUT2D eigenvalue weighted by atomic mass is 79.9. The van der Waals surface area contributed by atoms with E-state index in [0.717, 1.165) is 11.9 Å². The second kappa shape index (κ2) is 2.50. The third-order valence-electron chi connectivity index (χ3n) is 1.31. The zero-order valence-electron chi connectivity index (χ0n) is 4.91. The average molecular weight is 200 g/mol. The van der Waals surface area contributed by atoms with Crippen molar-refractivity contribution in [1.82, 2.24) is 4.90 Å². The first-order valence-electron chi connectivity index (χ1n) is 2.80. The summed E-state index contributed by atoms with van der Waals surface area (Å²) in [5.41, 5.74) is 0. The van der Waals surface area contributed by atoms with Gasteiger partial charge in [0.1, 0.15) is 0 Å². The van der Waals surface area contributed by atoms with Gasteiger partial charge in [-0.1, -0.05) is 15.9 Å². The van der Waals surface area contributed by atoms with Crippen LogP contribution in [0.15, 0.2) is 0 Å². The van der Waals surface area contributed by atoms with E-state index in [9.17, 15) is 8.78 Å². The topological polar surface area (TPSA) is 3.24 Å². The van der Waals surface area contributed by atoms with Crippen LogP contribution in [0.4, 0.5) is 8.78 Å². The Morgan fingerprint density at radius 2 is 2.00 bits per heavy atom. The van der Waals surface area contributed by atoms with Crippen molar-refractivity contribution in [2.24, 2.45) is 0 Å². The summed E-state index contributed by atoms with van der Waals surface area (Å²) in [7, 11) is 0. The molecule has 0 spiro atoms. The van der Waals surface area contributed by atoms with Gasteiger partial charge in [0.05, 0.1) is 13.1 Å². The van der Waals surface area contributed by atoms with Gasteiger partial charge in [-0.3, -0.25) is 4.90 Å². The molecule has 1 aliphatic heterocycles. The van der Waals surface area contributed by atoms with Gasteiger partial charge in [-0.15, -0.1) is 0 Å². The van der Waals surface area contributed by atoms with E-state index in [1.165, 1.54) is 0 Å². The fourth-order valence-corrected chi connectivity index (χ4v) is 1.39. The number of rotatable bonds is 2. The minimum Gasteiger partial charge on any atom is -0.291 e. The molecule has 9 heavy (non-hydrogen) atoms. The van der Waals surface area contributed by atoms with Crippen LogP contribution in [-0.2, 0) is 0 Å². The first kappa shape index (κ1) is 7.41. The van der Waals surface area contributed by atoms with E-state index in [1.54, 1.807) is 4.90 Å². The van der Waals surface area contributed by atoms with Crippen LogP contribution in [0.5, 0.6) is 0 Å². The van der Waals surface area contributed by atoms with Crippen LogP contribution in [0.25, 0.3) is 0 Å². The molecule has 1 saturated heterocycles. The van der Waals surface area contributed by atoms with E-state index < -0.39 is 5.92 Å². The maximum Gasteiger partial charge on any atom is 0.272 e. The quantitative estimate of drug-likeness (QED) is 0.608. The molecule has 0 bridgehead atoms. The summed E-state index contributed by atoms with van der Waals surface area (Å²) in [5.74, 6) is -2.40. The number of halogens is 3. The van der Waals surface area contributed by atoms with Crippen molar-refractivity contribution in [3.8, 4) is 0 Å². The van der Waals surface area contributed by atoms with Crippen molar-refractivity contribution in [2.45, 2.75) is 5.92 Å². The molecule has 0 aliphatic carbocycles. The van der Waals surface area contributed by atoms with Gasteiger partial charge in [-0.05, 0) is 0 Å². The lowest BCUT2D eigenvalue weighted by Gasteiger charge is -2.38. The Balaban J connectivity index is 2.12. The molecule has 1 nitrogen and oxygen atoms in total. The predicted molar refractivity (Wildman–Crippen MR) is 35.2 cm³/mol. The largest absolute Gasteiger partial charge is 0.291 e. The maximum atomic E-state index is 12.1. The van der Waals surface area contributed by atoms with Gasteiger partial charge in [0.15, 0.2) is 0 Å². The van der Waals surface area contributed by atoms with E-state index in [1.807, 2.05) is 0 Å². The molecule has 0 aromatic rings. The van der Waals surface area contributed by atoms with Crippen LogP contribution in [0.3, 0.4) is 0 Å². The Kier molecular flexibility index (Phi) is 2.06. The van der Waals surface area contributed by atoms with E-state index in [4.69, 9.17) is 0 Å². The van der Waals surface area contributed by atoms with Crippen molar-refractivity contribution in [3.63, 3.8) is 0 Å². The molecular weight excluding hydrogens is 192 g/mol. The Labute approximate surface area is 61.2 Å². The third-order valence-corrected chi connectivity index (χ3v) is 1.67. The van der Waals surface area contributed by atoms with Crippen molar-refractivity contribution in [3.05, 3.63) is 0 Å². The Bertz CT molecular complexity index is 99.1. The number of likely N-dealkylation sites (tertiary alicyclic amines) is 1. The van der Waals surface area contributed by atoms with Gasteiger partial charge >= 0.3 is 0 Å². The number of hydrogen-bond acceptors (Lipinski definition) is 1. The van der Waals surface area contributed by atoms with Crippen molar-refractivity contribution < 1.29 is 8.78 Å². The molecule has 0 unspecified atom stereocenters. The first-order valence-corrected chi connectivity index (χ1v) is 3.92. The van der Waals surface area contributed by atoms with Crippen LogP contribution in [-0.4, -0.2) is 35.8 Å². The molecule has 0 N–H and O–H groups in total. The fourth-order valence-electron chi connectivity index (χ4n) is 0.886. The van der Waals surface area contributed by atoms with Crippen molar-refractivity contribution in [1.29, 1.82) is 0 Å². The molecule has 0 radical (unpaired) electrons. The Morgan fingerprint density at radius 1 is 1.44 bits per heavy atom. The third kappa shape index (κ3) is 1.86. The molecule has 54 valence electrons. The molecule has 0 saturated carbocycles. The number of nitrogens with zero attached hydrogens (tertiary/aromatic N) is 1. The van der Waals surface area contributed by atoms with Crippen LogP contribution in [0.2, 0.25) is 0 Å². The molecule has 1 fully saturated rings. The highest BCUT2D eigenvalue weighted by Crippen LogP contribution is 2.25. The molecule has 1 aliphatic rings. The fraction of sp³-hybridized carbons (Fsp3) is 1.00. The second-order valence-electron chi connectivity index (χ2n) is 2.26. The van der Waals surface area contributed by atoms with Crippen LogP contribution < -0.4 is 0 Å². The highest BCUT2D eigenvalue weighted by Gasteiger charge is 2.42. The van der Waals surface area contributed by atoms with E-state index in [2.05, 4.69) is 15.9 Å². The van der Waals surface area contributed by atoms with Crippen LogP contribution in [0.1, 0.15) is 0 Å². The Morgan fingerprint density at radius 3 is 2.33 bits per heavy atom. The minimum absolute atomic E-state index is 0.0569. The monoisotopic (exact) mass is 199 g/mol. The van der Waals surface area contributed by atoms with Crippen LogP contribution >= 0.6 is 15.9 Å². The summed E-state index contributed by atoms with van der Waals surface area (Å²) < 4.78 is 24.1. The van der Waals surface area contributed by atoms with Gasteiger partial charge in [0.25, 0.3) is 5.92 Å². The van der Waals surface area contributed by atoms with Gasteiger partial charge in [-0.2, -0.15) is 0 Å². The molecule has 1 rings (SSSR count). The molecule has 0 atom stereocenters. The molecule has 0 amide bonds. The first-order chi connectivity index (χ1) is 4.14. The van der Waals surface area contributed by atoms with E-state index >= 15 is 0 Å². The molecule has 0 aromatic carbocycles. The normalized spacial score (nSPS) is 25.7. The summed E-state index contributed by atoms with van der Waals surface area (Å²) in [6.45, 7) is 0.618. The smallest absolute Gasteiger partial charge is 0.272 e. The van der Waals surface area contributed by atoms with Crippen molar-refractivity contribution >= 4 is 15.9 Å². The van der Waals surface area contributed by atoms with Gasteiger partial charge in [0.2, 0.25) is 0 Å². The second-order valence-corrected chi connectivity index (χ2v) is 3.05. The number of alkyl halides is 3. The van der Waals surface area contributed by atoms with E-state index in [-0.39, 0.29) is 13.1 Å². The molecule has 0 aromatic heterocycles. The number of hydrogen-bond donors (Lipinski definition) is 0. The zero-order valence-corrected chi connectivity index (χ0v) is 6.50. The lowest BCUT2D eigenvalue weighted by atomic mass is 10.1. The summed E-state index contributed by atoms with van der Waals surface area (Å²) in [6, 6.07) is 0. The Hall–Kier alpha value is 0.300. The minimum atomic E-state index is -2.40.